The fourth-order valence-electron chi connectivity index (χ4n) is 4.26. The highest BCUT2D eigenvalue weighted by Gasteiger charge is 2.32. The average Bonchev–Trinajstić information content (AvgIpc) is 3.00. The van der Waals surface area contributed by atoms with Gasteiger partial charge in [-0.15, -0.1) is 6.58 Å². The van der Waals surface area contributed by atoms with E-state index in [9.17, 15) is 9.59 Å². The highest BCUT2D eigenvalue weighted by atomic mass is 16.2. The first-order valence-electron chi connectivity index (χ1n) is 11.2. The summed E-state index contributed by atoms with van der Waals surface area (Å²) in [6.07, 6.45) is 9.56. The summed E-state index contributed by atoms with van der Waals surface area (Å²) >= 11 is 0. The van der Waals surface area contributed by atoms with Crippen LogP contribution >= 0.6 is 0 Å². The van der Waals surface area contributed by atoms with Gasteiger partial charge in [0, 0.05) is 51.0 Å². The quantitative estimate of drug-likeness (QED) is 0.528. The van der Waals surface area contributed by atoms with Gasteiger partial charge in [-0.05, 0) is 46.9 Å². The number of carbonyl (C=O) groups is 2. The molecule has 1 saturated heterocycles. The summed E-state index contributed by atoms with van der Waals surface area (Å²) in [7, 11) is 0. The number of pyridine rings is 2. The van der Waals surface area contributed by atoms with Gasteiger partial charge in [0.05, 0.1) is 12.3 Å². The van der Waals surface area contributed by atoms with Crippen LogP contribution in [0.3, 0.4) is 0 Å². The van der Waals surface area contributed by atoms with Crippen LogP contribution in [0, 0.1) is 5.92 Å². The van der Waals surface area contributed by atoms with Gasteiger partial charge in [-0.2, -0.15) is 0 Å². The number of hydrogen-bond acceptors (Lipinski definition) is 4. The minimum Gasteiger partial charge on any atom is -0.340 e. The van der Waals surface area contributed by atoms with E-state index in [1.165, 1.54) is 0 Å². The SMILES string of the molecule is C=CCN1CCN(C(=O)Cc2cccnc2)C[C@H](Cc2cccc(-c3ccncc3)c2)C1=O. The van der Waals surface area contributed by atoms with E-state index in [0.717, 1.165) is 22.3 Å². The average molecular weight is 441 g/mol. The Morgan fingerprint density at radius 3 is 2.58 bits per heavy atom. The minimum atomic E-state index is -0.307. The van der Waals surface area contributed by atoms with Gasteiger partial charge in [0.2, 0.25) is 11.8 Å². The maximum absolute atomic E-state index is 13.3. The summed E-state index contributed by atoms with van der Waals surface area (Å²) in [5, 5.41) is 0. The molecule has 0 spiro atoms. The van der Waals surface area contributed by atoms with Crippen molar-refractivity contribution in [1.82, 2.24) is 19.8 Å². The van der Waals surface area contributed by atoms with Crippen molar-refractivity contribution in [2.45, 2.75) is 12.8 Å². The molecular weight excluding hydrogens is 412 g/mol. The molecular formula is C27H28N4O2. The molecule has 2 aromatic heterocycles. The molecule has 1 fully saturated rings. The van der Waals surface area contributed by atoms with Crippen molar-refractivity contribution in [3.05, 3.63) is 97.1 Å². The number of amides is 2. The van der Waals surface area contributed by atoms with Gasteiger partial charge in [-0.25, -0.2) is 0 Å². The van der Waals surface area contributed by atoms with Gasteiger partial charge >= 0.3 is 0 Å². The largest absolute Gasteiger partial charge is 0.340 e. The second-order valence-electron chi connectivity index (χ2n) is 8.29. The van der Waals surface area contributed by atoms with Crippen LogP contribution in [0.5, 0.6) is 0 Å². The van der Waals surface area contributed by atoms with Gasteiger partial charge in [0.25, 0.3) is 0 Å². The van der Waals surface area contributed by atoms with Crippen molar-refractivity contribution in [3.8, 4) is 11.1 Å². The summed E-state index contributed by atoms with van der Waals surface area (Å²) in [6, 6.07) is 15.9. The first kappa shape index (κ1) is 22.4. The van der Waals surface area contributed by atoms with Crippen molar-refractivity contribution in [2.75, 3.05) is 26.2 Å². The molecule has 3 aromatic rings. The van der Waals surface area contributed by atoms with Crippen LogP contribution in [0.15, 0.2) is 86.0 Å². The van der Waals surface area contributed by atoms with Crippen LogP contribution in [0.1, 0.15) is 11.1 Å². The molecule has 168 valence electrons. The molecule has 1 aliphatic rings. The Morgan fingerprint density at radius 1 is 1.00 bits per heavy atom. The molecule has 0 radical (unpaired) electrons. The van der Waals surface area contributed by atoms with Crippen molar-refractivity contribution in [1.29, 1.82) is 0 Å². The van der Waals surface area contributed by atoms with Crippen LogP contribution in [0.25, 0.3) is 11.1 Å². The van der Waals surface area contributed by atoms with Crippen LogP contribution < -0.4 is 0 Å². The van der Waals surface area contributed by atoms with E-state index in [-0.39, 0.29) is 24.2 Å². The van der Waals surface area contributed by atoms with Crippen molar-refractivity contribution >= 4 is 11.8 Å². The topological polar surface area (TPSA) is 66.4 Å². The van der Waals surface area contributed by atoms with E-state index >= 15 is 0 Å². The lowest BCUT2D eigenvalue weighted by Gasteiger charge is -2.24. The molecule has 33 heavy (non-hydrogen) atoms. The smallest absolute Gasteiger partial charge is 0.228 e. The third kappa shape index (κ3) is 5.71. The van der Waals surface area contributed by atoms with E-state index in [2.05, 4.69) is 28.7 Å². The summed E-state index contributed by atoms with van der Waals surface area (Å²) < 4.78 is 0. The molecule has 6 heteroatoms. The molecule has 2 amide bonds. The first-order chi connectivity index (χ1) is 16.1. The highest BCUT2D eigenvalue weighted by molar-refractivity contribution is 5.83. The highest BCUT2D eigenvalue weighted by Crippen LogP contribution is 2.23. The normalized spacial score (nSPS) is 16.4. The maximum Gasteiger partial charge on any atom is 0.228 e. The van der Waals surface area contributed by atoms with E-state index in [1.807, 2.05) is 46.2 Å². The monoisotopic (exact) mass is 440 g/mol. The minimum absolute atomic E-state index is 0.0202. The molecule has 4 rings (SSSR count). The summed E-state index contributed by atoms with van der Waals surface area (Å²) in [4.78, 5) is 38.2. The zero-order valence-corrected chi connectivity index (χ0v) is 18.6. The summed E-state index contributed by atoms with van der Waals surface area (Å²) in [5.41, 5.74) is 4.12. The lowest BCUT2D eigenvalue weighted by Crippen LogP contribution is -2.38. The molecule has 0 bridgehead atoms. The zero-order chi connectivity index (χ0) is 23.0. The number of benzene rings is 1. The molecule has 0 aliphatic carbocycles. The number of rotatable bonds is 7. The Balaban J connectivity index is 1.54. The molecule has 0 saturated carbocycles. The molecule has 0 unspecified atom stereocenters. The molecule has 1 aliphatic heterocycles. The van der Waals surface area contributed by atoms with Crippen molar-refractivity contribution in [2.24, 2.45) is 5.92 Å². The van der Waals surface area contributed by atoms with Gasteiger partial charge in [-0.1, -0.05) is 36.4 Å². The third-order valence-electron chi connectivity index (χ3n) is 5.94. The third-order valence-corrected chi connectivity index (χ3v) is 5.94. The molecule has 1 aromatic carbocycles. The van der Waals surface area contributed by atoms with Gasteiger partial charge in [0.15, 0.2) is 0 Å². The Kier molecular flexibility index (Phi) is 7.25. The van der Waals surface area contributed by atoms with E-state index in [1.54, 1.807) is 30.9 Å². The fraction of sp³-hybridized carbons (Fsp3) is 0.259. The second kappa shape index (κ2) is 10.7. The number of aromatic nitrogens is 2. The molecule has 3 heterocycles. The molecule has 6 nitrogen and oxygen atoms in total. The van der Waals surface area contributed by atoms with Crippen LogP contribution in [0.2, 0.25) is 0 Å². The number of nitrogens with zero attached hydrogens (tertiary/aromatic N) is 4. The Labute approximate surface area is 194 Å². The van der Waals surface area contributed by atoms with E-state index in [4.69, 9.17) is 0 Å². The summed E-state index contributed by atoms with van der Waals surface area (Å²) in [6.45, 7) is 5.72. The lowest BCUT2D eigenvalue weighted by atomic mass is 9.95. The molecule has 1 atom stereocenters. The predicted molar refractivity (Wildman–Crippen MR) is 128 cm³/mol. The van der Waals surface area contributed by atoms with Crippen molar-refractivity contribution in [3.63, 3.8) is 0 Å². The number of carbonyl (C=O) groups excluding carboxylic acids is 2. The number of hydrogen-bond donors (Lipinski definition) is 0. The Bertz CT molecular complexity index is 1100. The first-order valence-corrected chi connectivity index (χ1v) is 11.2. The standard InChI is InChI=1S/C27H28N4O2/c1-2-13-30-14-15-31(26(32)18-22-6-4-10-29-19-22)20-25(27(30)33)17-21-5-3-7-24(16-21)23-8-11-28-12-9-23/h2-12,16,19,25H,1,13-15,17-18,20H2/t25-/m0/s1. The van der Waals surface area contributed by atoms with Crippen LogP contribution in [-0.4, -0.2) is 57.8 Å². The lowest BCUT2D eigenvalue weighted by molar-refractivity contribution is -0.134. The predicted octanol–water partition coefficient (Wildman–Crippen LogP) is 3.40. The van der Waals surface area contributed by atoms with E-state index < -0.39 is 0 Å². The fourth-order valence-corrected chi connectivity index (χ4v) is 4.26. The van der Waals surface area contributed by atoms with Gasteiger partial charge in [0.1, 0.15) is 0 Å². The van der Waals surface area contributed by atoms with Crippen LogP contribution in [-0.2, 0) is 22.4 Å². The van der Waals surface area contributed by atoms with Gasteiger partial charge in [-0.3, -0.25) is 19.6 Å². The Morgan fingerprint density at radius 2 is 1.82 bits per heavy atom. The molecule has 0 N–H and O–H groups in total. The van der Waals surface area contributed by atoms with E-state index in [0.29, 0.717) is 32.6 Å². The maximum atomic E-state index is 13.3. The zero-order valence-electron chi connectivity index (χ0n) is 18.6. The van der Waals surface area contributed by atoms with Gasteiger partial charge < -0.3 is 9.80 Å². The Hall–Kier alpha value is -3.80. The van der Waals surface area contributed by atoms with Crippen molar-refractivity contribution < 1.29 is 9.59 Å². The summed E-state index contributed by atoms with van der Waals surface area (Å²) in [5.74, 6) is -0.217. The second-order valence-corrected chi connectivity index (χ2v) is 8.29. The van der Waals surface area contributed by atoms with Crippen LogP contribution in [0.4, 0.5) is 0 Å².